The van der Waals surface area contributed by atoms with Gasteiger partial charge >= 0.3 is 6.18 Å². The molecule has 2 N–H and O–H groups in total. The fraction of sp³-hybridized carbons (Fsp3) is 0.333. The number of hydrogen-bond donors (Lipinski definition) is 1. The molecule has 0 bridgehead atoms. The fourth-order valence-electron chi connectivity index (χ4n) is 1.16. The molecule has 0 amide bonds. The van der Waals surface area contributed by atoms with Crippen LogP contribution in [0, 0.1) is 11.6 Å². The van der Waals surface area contributed by atoms with Gasteiger partial charge in [0.05, 0.1) is 6.42 Å². The normalized spacial score (nSPS) is 14.0. The average Bonchev–Trinajstić information content (AvgIpc) is 1.98. The summed E-state index contributed by atoms with van der Waals surface area (Å²) in [6.45, 7) is 0. The Morgan fingerprint density at radius 1 is 1.07 bits per heavy atom. The molecule has 1 aromatic rings. The summed E-state index contributed by atoms with van der Waals surface area (Å²) in [7, 11) is 0. The Labute approximate surface area is 82.7 Å². The first-order valence-electron chi connectivity index (χ1n) is 4.06. The van der Waals surface area contributed by atoms with Gasteiger partial charge in [-0.2, -0.15) is 13.2 Å². The second-order valence-electron chi connectivity index (χ2n) is 3.13. The van der Waals surface area contributed by atoms with Gasteiger partial charge in [-0.25, -0.2) is 8.78 Å². The van der Waals surface area contributed by atoms with Crippen molar-refractivity contribution in [1.82, 2.24) is 0 Å². The minimum atomic E-state index is -4.46. The van der Waals surface area contributed by atoms with E-state index in [0.29, 0.717) is 6.07 Å². The van der Waals surface area contributed by atoms with Gasteiger partial charge in [0.25, 0.3) is 0 Å². The van der Waals surface area contributed by atoms with Crippen LogP contribution in [0.2, 0.25) is 0 Å². The summed E-state index contributed by atoms with van der Waals surface area (Å²) >= 11 is 0. The van der Waals surface area contributed by atoms with E-state index in [0.717, 1.165) is 12.1 Å². The van der Waals surface area contributed by atoms with Crippen molar-refractivity contribution in [3.05, 3.63) is 35.4 Å². The van der Waals surface area contributed by atoms with Crippen LogP contribution in [0.15, 0.2) is 18.2 Å². The molecule has 1 unspecified atom stereocenters. The van der Waals surface area contributed by atoms with Gasteiger partial charge in [-0.05, 0) is 17.7 Å². The molecule has 0 aliphatic heterocycles. The van der Waals surface area contributed by atoms with E-state index in [4.69, 9.17) is 5.73 Å². The van der Waals surface area contributed by atoms with Crippen LogP contribution < -0.4 is 5.73 Å². The first kappa shape index (κ1) is 11.9. The summed E-state index contributed by atoms with van der Waals surface area (Å²) in [6.07, 6.45) is -5.77. The van der Waals surface area contributed by atoms with E-state index in [1.807, 2.05) is 0 Å². The Morgan fingerprint density at radius 3 is 1.93 bits per heavy atom. The first-order chi connectivity index (χ1) is 6.78. The Morgan fingerprint density at radius 2 is 1.53 bits per heavy atom. The lowest BCUT2D eigenvalue weighted by Gasteiger charge is -2.14. The van der Waals surface area contributed by atoms with Gasteiger partial charge in [-0.1, -0.05) is 0 Å². The van der Waals surface area contributed by atoms with Crippen LogP contribution in [0.4, 0.5) is 22.0 Å². The van der Waals surface area contributed by atoms with Gasteiger partial charge in [0.15, 0.2) is 0 Å². The number of benzene rings is 1. The van der Waals surface area contributed by atoms with Crippen molar-refractivity contribution in [2.75, 3.05) is 0 Å². The molecule has 0 spiro atoms. The topological polar surface area (TPSA) is 26.0 Å². The molecular formula is C9H8F5N. The Bertz CT molecular complexity index is 327. The summed E-state index contributed by atoms with van der Waals surface area (Å²) in [5, 5.41) is 0. The molecule has 0 saturated carbocycles. The highest BCUT2D eigenvalue weighted by molar-refractivity contribution is 5.21. The molecule has 0 aliphatic carbocycles. The quantitative estimate of drug-likeness (QED) is 0.769. The van der Waals surface area contributed by atoms with E-state index in [1.54, 1.807) is 0 Å². The molecule has 0 aliphatic rings. The third-order valence-corrected chi connectivity index (χ3v) is 1.76. The van der Waals surface area contributed by atoms with E-state index in [-0.39, 0.29) is 5.56 Å². The molecule has 0 radical (unpaired) electrons. The smallest absolute Gasteiger partial charge is 0.324 e. The number of halogens is 5. The molecule has 0 fully saturated rings. The summed E-state index contributed by atoms with van der Waals surface area (Å²) in [5.41, 5.74) is 4.96. The maximum Gasteiger partial charge on any atom is 0.390 e. The average molecular weight is 225 g/mol. The minimum absolute atomic E-state index is 0.204. The highest BCUT2D eigenvalue weighted by Crippen LogP contribution is 2.28. The lowest BCUT2D eigenvalue weighted by molar-refractivity contribution is -0.138. The van der Waals surface area contributed by atoms with Crippen molar-refractivity contribution in [2.24, 2.45) is 5.73 Å². The van der Waals surface area contributed by atoms with Crippen LogP contribution in [0.1, 0.15) is 18.0 Å². The van der Waals surface area contributed by atoms with Crippen LogP contribution in [-0.2, 0) is 0 Å². The monoisotopic (exact) mass is 225 g/mol. The third-order valence-electron chi connectivity index (χ3n) is 1.76. The van der Waals surface area contributed by atoms with Gasteiger partial charge < -0.3 is 5.73 Å². The minimum Gasteiger partial charge on any atom is -0.324 e. The Balaban J connectivity index is 2.86. The highest BCUT2D eigenvalue weighted by atomic mass is 19.4. The molecule has 0 aromatic heterocycles. The van der Waals surface area contributed by atoms with E-state index < -0.39 is 30.3 Å². The van der Waals surface area contributed by atoms with E-state index in [9.17, 15) is 22.0 Å². The maximum absolute atomic E-state index is 12.6. The zero-order chi connectivity index (χ0) is 11.6. The summed E-state index contributed by atoms with van der Waals surface area (Å²) in [5.74, 6) is -1.88. The van der Waals surface area contributed by atoms with Crippen LogP contribution in [0.3, 0.4) is 0 Å². The van der Waals surface area contributed by atoms with Gasteiger partial charge in [-0.3, -0.25) is 0 Å². The summed E-state index contributed by atoms with van der Waals surface area (Å²) in [6, 6.07) is 0.707. The summed E-state index contributed by atoms with van der Waals surface area (Å²) in [4.78, 5) is 0. The predicted octanol–water partition coefficient (Wildman–Crippen LogP) is 2.92. The van der Waals surface area contributed by atoms with Crippen LogP contribution in [-0.4, -0.2) is 6.18 Å². The van der Waals surface area contributed by atoms with E-state index >= 15 is 0 Å². The second-order valence-corrected chi connectivity index (χ2v) is 3.13. The van der Waals surface area contributed by atoms with Crippen LogP contribution in [0.25, 0.3) is 0 Å². The number of nitrogens with two attached hydrogens (primary N) is 1. The van der Waals surface area contributed by atoms with Gasteiger partial charge in [0.2, 0.25) is 0 Å². The van der Waals surface area contributed by atoms with Crippen molar-refractivity contribution in [3.8, 4) is 0 Å². The van der Waals surface area contributed by atoms with Crippen LogP contribution >= 0.6 is 0 Å². The molecule has 1 rings (SSSR count). The fourth-order valence-corrected chi connectivity index (χ4v) is 1.16. The molecule has 6 heteroatoms. The molecule has 1 aromatic carbocycles. The molecule has 84 valence electrons. The van der Waals surface area contributed by atoms with Gasteiger partial charge in [-0.15, -0.1) is 0 Å². The largest absolute Gasteiger partial charge is 0.390 e. The summed E-state index contributed by atoms with van der Waals surface area (Å²) < 4.78 is 61.1. The standard InChI is InChI=1S/C9H8F5N/c10-6-1-5(2-7(11)3-6)8(15)4-9(12,13)14/h1-3,8H,4,15H2. The van der Waals surface area contributed by atoms with Gasteiger partial charge in [0.1, 0.15) is 11.6 Å². The Hall–Kier alpha value is -1.17. The zero-order valence-corrected chi connectivity index (χ0v) is 7.48. The van der Waals surface area contributed by atoms with Crippen molar-refractivity contribution in [2.45, 2.75) is 18.6 Å². The lowest BCUT2D eigenvalue weighted by atomic mass is 10.0. The van der Waals surface area contributed by atoms with E-state index in [1.165, 1.54) is 0 Å². The molecule has 0 saturated heterocycles. The molecule has 1 nitrogen and oxygen atoms in total. The number of alkyl halides is 3. The third kappa shape index (κ3) is 3.83. The first-order valence-corrected chi connectivity index (χ1v) is 4.06. The predicted molar refractivity (Wildman–Crippen MR) is 44.0 cm³/mol. The van der Waals surface area contributed by atoms with Crippen molar-refractivity contribution in [1.29, 1.82) is 0 Å². The van der Waals surface area contributed by atoms with Crippen molar-refractivity contribution >= 4 is 0 Å². The van der Waals surface area contributed by atoms with Crippen molar-refractivity contribution < 1.29 is 22.0 Å². The Kier molecular flexibility index (Phi) is 3.28. The highest BCUT2D eigenvalue weighted by Gasteiger charge is 2.31. The molecular weight excluding hydrogens is 217 g/mol. The molecule has 0 heterocycles. The maximum atomic E-state index is 12.6. The second kappa shape index (κ2) is 4.14. The van der Waals surface area contributed by atoms with Gasteiger partial charge in [0, 0.05) is 12.1 Å². The number of hydrogen-bond acceptors (Lipinski definition) is 1. The molecule has 15 heavy (non-hydrogen) atoms. The van der Waals surface area contributed by atoms with Crippen LogP contribution in [0.5, 0.6) is 0 Å². The van der Waals surface area contributed by atoms with E-state index in [2.05, 4.69) is 0 Å². The van der Waals surface area contributed by atoms with Crippen molar-refractivity contribution in [3.63, 3.8) is 0 Å². The lowest BCUT2D eigenvalue weighted by Crippen LogP contribution is -2.20. The SMILES string of the molecule is NC(CC(F)(F)F)c1cc(F)cc(F)c1. The molecule has 1 atom stereocenters. The number of rotatable bonds is 2. The zero-order valence-electron chi connectivity index (χ0n) is 7.48.